The van der Waals surface area contributed by atoms with Crippen LogP contribution in [0, 0.1) is 0 Å². The van der Waals surface area contributed by atoms with Crippen LogP contribution < -0.4 is 14.8 Å². The van der Waals surface area contributed by atoms with Gasteiger partial charge in [-0.25, -0.2) is 4.98 Å². The van der Waals surface area contributed by atoms with Gasteiger partial charge in [-0.05, 0) is 79.9 Å². The number of ether oxygens (including phenoxy) is 2. The Morgan fingerprint density at radius 2 is 1.67 bits per heavy atom. The number of imidazole rings is 1. The molecule has 1 fully saturated rings. The van der Waals surface area contributed by atoms with Gasteiger partial charge in [0.25, 0.3) is 0 Å². The van der Waals surface area contributed by atoms with Crippen molar-refractivity contribution in [1.29, 1.82) is 0 Å². The molecule has 2 aromatic heterocycles. The second-order valence-electron chi connectivity index (χ2n) is 10.4. The van der Waals surface area contributed by atoms with Crippen LogP contribution in [0.5, 0.6) is 11.5 Å². The molecule has 4 aromatic rings. The molecule has 4 heterocycles. The summed E-state index contributed by atoms with van der Waals surface area (Å²) in [6, 6.07) is 18.3. The topological polar surface area (TPSA) is 71.3 Å². The zero-order valence-corrected chi connectivity index (χ0v) is 22.7. The van der Waals surface area contributed by atoms with Crippen molar-refractivity contribution in [2.45, 2.75) is 32.4 Å². The summed E-state index contributed by atoms with van der Waals surface area (Å²) < 4.78 is 13.1. The maximum atomic E-state index is 12.9. The van der Waals surface area contributed by atoms with E-state index in [1.807, 2.05) is 30.3 Å². The molecule has 202 valence electrons. The summed E-state index contributed by atoms with van der Waals surface area (Å²) >= 11 is 0. The van der Waals surface area contributed by atoms with E-state index in [0.717, 1.165) is 66.7 Å². The highest BCUT2D eigenvalue weighted by Crippen LogP contribution is 2.33. The fourth-order valence-corrected chi connectivity index (χ4v) is 5.77. The zero-order chi connectivity index (χ0) is 26.8. The van der Waals surface area contributed by atoms with Crippen LogP contribution in [0.15, 0.2) is 60.8 Å². The maximum Gasteiger partial charge on any atom is 0.238 e. The third-order valence-corrected chi connectivity index (χ3v) is 7.81. The van der Waals surface area contributed by atoms with Crippen molar-refractivity contribution in [2.75, 3.05) is 45.7 Å². The van der Waals surface area contributed by atoms with E-state index in [2.05, 4.69) is 50.0 Å². The molecular formula is C31H35N5O3. The Balaban J connectivity index is 1.13. The van der Waals surface area contributed by atoms with E-state index in [1.54, 1.807) is 14.2 Å². The van der Waals surface area contributed by atoms with E-state index < -0.39 is 0 Å². The molecule has 2 aliphatic heterocycles. The lowest BCUT2D eigenvalue weighted by Crippen LogP contribution is -2.37. The van der Waals surface area contributed by atoms with Gasteiger partial charge in [0.05, 0.1) is 32.2 Å². The summed E-state index contributed by atoms with van der Waals surface area (Å²) in [6.07, 6.45) is 5.48. The molecule has 6 rings (SSSR count). The number of aromatic nitrogens is 2. The monoisotopic (exact) mass is 525 g/mol. The number of rotatable bonds is 8. The number of methoxy groups -OCH3 is 2. The lowest BCUT2D eigenvalue weighted by molar-refractivity contribution is -0.117. The van der Waals surface area contributed by atoms with Gasteiger partial charge in [0.15, 0.2) is 11.5 Å². The fraction of sp³-hybridized carbons (Fsp3) is 0.355. The lowest BCUT2D eigenvalue weighted by atomic mass is 9.99. The standard InChI is InChI=1S/C31H35N5O3/c1-38-27-17-23-12-16-35(19-24(23)18-28(27)39-2)21-30(37)32-25-10-8-22(9-11-25)31-26(20-34-13-5-6-14-34)36-15-4-3-7-29(36)33-31/h3-4,7-11,15,17-18H,5-6,12-14,16,19-21H2,1-2H3,(H,32,37). The average Bonchev–Trinajstić information content (AvgIpc) is 3.61. The minimum atomic E-state index is -0.0193. The van der Waals surface area contributed by atoms with Crippen LogP contribution in [0.4, 0.5) is 5.69 Å². The first-order chi connectivity index (χ1) is 19.1. The van der Waals surface area contributed by atoms with E-state index >= 15 is 0 Å². The van der Waals surface area contributed by atoms with Crippen molar-refractivity contribution < 1.29 is 14.3 Å². The molecule has 0 radical (unpaired) electrons. The van der Waals surface area contributed by atoms with Crippen LogP contribution in [-0.2, 0) is 24.3 Å². The second kappa shape index (κ2) is 11.1. The lowest BCUT2D eigenvalue weighted by Gasteiger charge is -2.29. The first-order valence-electron chi connectivity index (χ1n) is 13.7. The van der Waals surface area contributed by atoms with Gasteiger partial charge in [0, 0.05) is 37.1 Å². The molecule has 0 atom stereocenters. The van der Waals surface area contributed by atoms with E-state index in [0.29, 0.717) is 13.1 Å². The molecule has 0 bridgehead atoms. The van der Waals surface area contributed by atoms with Gasteiger partial charge in [0.2, 0.25) is 5.91 Å². The average molecular weight is 526 g/mol. The molecule has 1 amide bonds. The van der Waals surface area contributed by atoms with Gasteiger partial charge in [-0.1, -0.05) is 18.2 Å². The highest BCUT2D eigenvalue weighted by Gasteiger charge is 2.22. The van der Waals surface area contributed by atoms with Gasteiger partial charge in [0.1, 0.15) is 5.65 Å². The van der Waals surface area contributed by atoms with Crippen molar-refractivity contribution in [2.24, 2.45) is 0 Å². The van der Waals surface area contributed by atoms with E-state index in [-0.39, 0.29) is 5.91 Å². The number of likely N-dealkylation sites (tertiary alicyclic amines) is 1. The minimum absolute atomic E-state index is 0.0193. The number of amides is 1. The molecule has 0 saturated carbocycles. The van der Waals surface area contributed by atoms with Crippen molar-refractivity contribution >= 4 is 17.2 Å². The first-order valence-corrected chi connectivity index (χ1v) is 13.7. The number of carbonyl (C=O) groups is 1. The quantitative estimate of drug-likeness (QED) is 0.362. The largest absolute Gasteiger partial charge is 0.493 e. The van der Waals surface area contributed by atoms with Gasteiger partial charge in [-0.3, -0.25) is 14.6 Å². The molecule has 1 saturated heterocycles. The van der Waals surface area contributed by atoms with Crippen molar-refractivity contribution in [1.82, 2.24) is 19.2 Å². The number of carbonyl (C=O) groups excluding carboxylic acids is 1. The van der Waals surface area contributed by atoms with Gasteiger partial charge < -0.3 is 19.2 Å². The molecular weight excluding hydrogens is 490 g/mol. The van der Waals surface area contributed by atoms with Crippen molar-refractivity contribution in [3.8, 4) is 22.8 Å². The Morgan fingerprint density at radius 3 is 2.41 bits per heavy atom. The summed E-state index contributed by atoms with van der Waals surface area (Å²) in [7, 11) is 3.30. The number of nitrogens with zero attached hydrogens (tertiary/aromatic N) is 4. The molecule has 2 aromatic carbocycles. The second-order valence-corrected chi connectivity index (χ2v) is 10.4. The third-order valence-electron chi connectivity index (χ3n) is 7.81. The Bertz CT molecular complexity index is 1470. The van der Waals surface area contributed by atoms with Gasteiger partial charge in [-0.2, -0.15) is 0 Å². The minimum Gasteiger partial charge on any atom is -0.493 e. The number of hydrogen-bond donors (Lipinski definition) is 1. The third kappa shape index (κ3) is 5.35. The zero-order valence-electron chi connectivity index (χ0n) is 22.7. The van der Waals surface area contributed by atoms with E-state index in [4.69, 9.17) is 14.5 Å². The summed E-state index contributed by atoms with van der Waals surface area (Å²) in [5.74, 6) is 1.45. The number of fused-ring (bicyclic) bond motifs is 2. The van der Waals surface area contributed by atoms with Crippen LogP contribution >= 0.6 is 0 Å². The highest BCUT2D eigenvalue weighted by atomic mass is 16.5. The number of anilines is 1. The van der Waals surface area contributed by atoms with Crippen molar-refractivity contribution in [3.05, 3.63) is 77.6 Å². The van der Waals surface area contributed by atoms with Gasteiger partial charge >= 0.3 is 0 Å². The molecule has 8 nitrogen and oxygen atoms in total. The van der Waals surface area contributed by atoms with E-state index in [1.165, 1.54) is 29.7 Å². The first kappa shape index (κ1) is 25.4. The smallest absolute Gasteiger partial charge is 0.238 e. The molecule has 8 heteroatoms. The predicted octanol–water partition coefficient (Wildman–Crippen LogP) is 4.61. The molecule has 0 spiro atoms. The predicted molar refractivity (Wildman–Crippen MR) is 152 cm³/mol. The molecule has 39 heavy (non-hydrogen) atoms. The molecule has 0 aliphatic carbocycles. The SMILES string of the molecule is COc1cc2c(cc1OC)CN(CC(=O)Nc1ccc(-c3nc4ccccn4c3CN3CCCC3)cc1)CC2. The van der Waals surface area contributed by atoms with Crippen LogP contribution in [0.25, 0.3) is 16.9 Å². The van der Waals surface area contributed by atoms with Crippen LogP contribution in [0.1, 0.15) is 29.7 Å². The van der Waals surface area contributed by atoms with Crippen molar-refractivity contribution in [3.63, 3.8) is 0 Å². The molecule has 0 unspecified atom stereocenters. The Labute approximate surface area is 229 Å². The maximum absolute atomic E-state index is 12.9. The highest BCUT2D eigenvalue weighted by molar-refractivity contribution is 5.92. The summed E-state index contributed by atoms with van der Waals surface area (Å²) in [6.45, 7) is 5.01. The number of nitrogens with one attached hydrogen (secondary N) is 1. The van der Waals surface area contributed by atoms with Crippen LogP contribution in [0.3, 0.4) is 0 Å². The Hall–Kier alpha value is -3.88. The number of benzene rings is 2. The Kier molecular flexibility index (Phi) is 7.22. The van der Waals surface area contributed by atoms with Crippen LogP contribution in [-0.4, -0.2) is 65.5 Å². The summed E-state index contributed by atoms with van der Waals surface area (Å²) in [5, 5.41) is 3.07. The summed E-state index contributed by atoms with van der Waals surface area (Å²) in [4.78, 5) is 22.5. The Morgan fingerprint density at radius 1 is 0.923 bits per heavy atom. The molecule has 2 aliphatic rings. The fourth-order valence-electron chi connectivity index (χ4n) is 5.77. The normalized spacial score (nSPS) is 15.8. The molecule has 1 N–H and O–H groups in total. The van der Waals surface area contributed by atoms with Gasteiger partial charge in [-0.15, -0.1) is 0 Å². The summed E-state index contributed by atoms with van der Waals surface area (Å²) in [5.41, 5.74) is 7.44. The van der Waals surface area contributed by atoms with E-state index in [9.17, 15) is 4.79 Å². The number of hydrogen-bond acceptors (Lipinski definition) is 6. The number of pyridine rings is 1. The van der Waals surface area contributed by atoms with Crippen LogP contribution in [0.2, 0.25) is 0 Å².